The van der Waals surface area contributed by atoms with Crippen LogP contribution in [0.15, 0.2) is 66.8 Å². The number of ketones is 1. The van der Waals surface area contributed by atoms with Gasteiger partial charge in [-0.1, -0.05) is 24.8 Å². The maximum Gasteiger partial charge on any atom is 0.295 e. The van der Waals surface area contributed by atoms with Crippen molar-refractivity contribution in [1.29, 1.82) is 0 Å². The lowest BCUT2D eigenvalue weighted by molar-refractivity contribution is -0.140. The minimum atomic E-state index is -0.700. The molecule has 0 spiro atoms. The summed E-state index contributed by atoms with van der Waals surface area (Å²) in [6, 6.07) is 13.3. The van der Waals surface area contributed by atoms with Crippen LogP contribution in [0.25, 0.3) is 5.76 Å². The number of nitrogens with one attached hydrogen (secondary N) is 1. The standard InChI is InChI=1S/C27H31N3O5/c1-3-18-35-22-10-4-19(5-11-22)24-23(25(31)20-6-8-21(34-2)9-7-20)26(32)27(33)30(24)17-16-29-14-12-28-13-15-29/h3-11,24,28,31H,1,12-18H2,2H3/b25-23+. The van der Waals surface area contributed by atoms with Gasteiger partial charge in [-0.2, -0.15) is 0 Å². The number of piperazine rings is 1. The molecule has 35 heavy (non-hydrogen) atoms. The number of likely N-dealkylation sites (tertiary alicyclic amines) is 1. The van der Waals surface area contributed by atoms with E-state index in [4.69, 9.17) is 9.47 Å². The smallest absolute Gasteiger partial charge is 0.295 e. The molecular formula is C27H31N3O5. The van der Waals surface area contributed by atoms with E-state index < -0.39 is 17.7 Å². The van der Waals surface area contributed by atoms with Crippen molar-refractivity contribution in [3.05, 3.63) is 77.9 Å². The van der Waals surface area contributed by atoms with E-state index in [1.807, 2.05) is 12.1 Å². The van der Waals surface area contributed by atoms with E-state index >= 15 is 0 Å². The second-order valence-corrected chi connectivity index (χ2v) is 8.48. The molecular weight excluding hydrogens is 446 g/mol. The second kappa shape index (κ2) is 11.2. The molecule has 2 fully saturated rings. The van der Waals surface area contributed by atoms with Crippen molar-refractivity contribution < 1.29 is 24.2 Å². The molecule has 2 aliphatic rings. The molecule has 4 rings (SSSR count). The zero-order chi connectivity index (χ0) is 24.8. The van der Waals surface area contributed by atoms with Gasteiger partial charge in [-0.3, -0.25) is 14.5 Å². The highest BCUT2D eigenvalue weighted by molar-refractivity contribution is 6.46. The Bertz CT molecular complexity index is 1090. The van der Waals surface area contributed by atoms with Gasteiger partial charge < -0.3 is 24.8 Å². The first-order chi connectivity index (χ1) is 17.0. The van der Waals surface area contributed by atoms with Gasteiger partial charge in [0, 0.05) is 44.8 Å². The van der Waals surface area contributed by atoms with Crippen LogP contribution in [0.5, 0.6) is 11.5 Å². The number of ether oxygens (including phenoxy) is 2. The number of methoxy groups -OCH3 is 1. The van der Waals surface area contributed by atoms with Crippen LogP contribution < -0.4 is 14.8 Å². The van der Waals surface area contributed by atoms with Gasteiger partial charge in [-0.25, -0.2) is 0 Å². The third-order valence-corrected chi connectivity index (χ3v) is 6.33. The van der Waals surface area contributed by atoms with E-state index in [1.165, 1.54) is 0 Å². The minimum absolute atomic E-state index is 0.0836. The molecule has 0 bridgehead atoms. The predicted octanol–water partition coefficient (Wildman–Crippen LogP) is 2.59. The molecule has 2 aliphatic heterocycles. The van der Waals surface area contributed by atoms with Gasteiger partial charge in [0.05, 0.1) is 18.7 Å². The van der Waals surface area contributed by atoms with Gasteiger partial charge in [0.25, 0.3) is 11.7 Å². The van der Waals surface area contributed by atoms with E-state index in [-0.39, 0.29) is 11.3 Å². The summed E-state index contributed by atoms with van der Waals surface area (Å²) in [5.41, 5.74) is 1.26. The zero-order valence-corrected chi connectivity index (χ0v) is 19.9. The maximum absolute atomic E-state index is 13.2. The van der Waals surface area contributed by atoms with Crippen molar-refractivity contribution >= 4 is 17.4 Å². The Morgan fingerprint density at radius 1 is 1.06 bits per heavy atom. The van der Waals surface area contributed by atoms with Crippen molar-refractivity contribution in [2.75, 3.05) is 53.0 Å². The summed E-state index contributed by atoms with van der Waals surface area (Å²) < 4.78 is 10.8. The summed E-state index contributed by atoms with van der Waals surface area (Å²) in [5.74, 6) is -0.207. The van der Waals surface area contributed by atoms with Gasteiger partial charge in [0.1, 0.15) is 23.9 Å². The first kappa shape index (κ1) is 24.5. The Labute approximate surface area is 205 Å². The molecule has 0 aliphatic carbocycles. The molecule has 1 amide bonds. The number of amides is 1. The highest BCUT2D eigenvalue weighted by atomic mass is 16.5. The summed E-state index contributed by atoms with van der Waals surface area (Å²) >= 11 is 0. The Morgan fingerprint density at radius 3 is 2.34 bits per heavy atom. The largest absolute Gasteiger partial charge is 0.507 e. The highest BCUT2D eigenvalue weighted by Gasteiger charge is 2.46. The predicted molar refractivity (Wildman–Crippen MR) is 133 cm³/mol. The quantitative estimate of drug-likeness (QED) is 0.248. The fraction of sp³-hybridized carbons (Fsp3) is 0.333. The van der Waals surface area contributed by atoms with Crippen LogP contribution in [0.2, 0.25) is 0 Å². The Kier molecular flexibility index (Phi) is 7.84. The van der Waals surface area contributed by atoms with Crippen LogP contribution in [0, 0.1) is 0 Å². The number of benzene rings is 2. The summed E-state index contributed by atoms with van der Waals surface area (Å²) in [6.45, 7) is 8.61. The Hall–Kier alpha value is -3.62. The van der Waals surface area contributed by atoms with Crippen molar-refractivity contribution in [2.45, 2.75) is 6.04 Å². The maximum atomic E-state index is 13.2. The van der Waals surface area contributed by atoms with E-state index in [0.29, 0.717) is 36.8 Å². The molecule has 1 unspecified atom stereocenters. The van der Waals surface area contributed by atoms with Crippen LogP contribution in [0.3, 0.4) is 0 Å². The molecule has 2 N–H and O–H groups in total. The Balaban J connectivity index is 1.70. The normalized spacial score (nSPS) is 20.1. The summed E-state index contributed by atoms with van der Waals surface area (Å²) in [7, 11) is 1.56. The molecule has 2 aromatic carbocycles. The first-order valence-electron chi connectivity index (χ1n) is 11.7. The monoisotopic (exact) mass is 477 g/mol. The third-order valence-electron chi connectivity index (χ3n) is 6.33. The zero-order valence-electron chi connectivity index (χ0n) is 19.9. The molecule has 2 saturated heterocycles. The summed E-state index contributed by atoms with van der Waals surface area (Å²) in [4.78, 5) is 30.2. The third kappa shape index (κ3) is 5.39. The SMILES string of the molecule is C=CCOc1ccc(C2/C(=C(\O)c3ccc(OC)cc3)C(=O)C(=O)N2CCN2CCNCC2)cc1. The van der Waals surface area contributed by atoms with Crippen molar-refractivity contribution in [1.82, 2.24) is 15.1 Å². The molecule has 2 aromatic rings. The number of rotatable bonds is 9. The lowest BCUT2D eigenvalue weighted by Gasteiger charge is -2.31. The number of Topliss-reactive ketones (excluding diaryl/α,β-unsaturated/α-hetero) is 1. The molecule has 0 saturated carbocycles. The molecule has 8 heteroatoms. The van der Waals surface area contributed by atoms with E-state index in [0.717, 1.165) is 31.7 Å². The topological polar surface area (TPSA) is 91.3 Å². The molecule has 0 aromatic heterocycles. The van der Waals surface area contributed by atoms with Crippen LogP contribution in [-0.2, 0) is 9.59 Å². The van der Waals surface area contributed by atoms with Gasteiger partial charge in [0.15, 0.2) is 0 Å². The number of carbonyl (C=O) groups is 2. The average molecular weight is 478 g/mol. The van der Waals surface area contributed by atoms with Crippen LogP contribution in [0.1, 0.15) is 17.2 Å². The van der Waals surface area contributed by atoms with E-state index in [2.05, 4.69) is 16.8 Å². The van der Waals surface area contributed by atoms with Gasteiger partial charge in [-0.05, 0) is 42.0 Å². The second-order valence-electron chi connectivity index (χ2n) is 8.48. The highest BCUT2D eigenvalue weighted by Crippen LogP contribution is 2.39. The summed E-state index contributed by atoms with van der Waals surface area (Å²) in [6.07, 6.45) is 1.66. The van der Waals surface area contributed by atoms with E-state index in [1.54, 1.807) is 54.5 Å². The van der Waals surface area contributed by atoms with Crippen LogP contribution in [0.4, 0.5) is 0 Å². The number of aliphatic hydroxyl groups is 1. The fourth-order valence-corrected chi connectivity index (χ4v) is 4.45. The van der Waals surface area contributed by atoms with Crippen molar-refractivity contribution in [3.63, 3.8) is 0 Å². The minimum Gasteiger partial charge on any atom is -0.507 e. The van der Waals surface area contributed by atoms with Gasteiger partial charge >= 0.3 is 0 Å². The van der Waals surface area contributed by atoms with Gasteiger partial charge in [-0.15, -0.1) is 0 Å². The molecule has 2 heterocycles. The lowest BCUT2D eigenvalue weighted by Crippen LogP contribution is -2.46. The lowest BCUT2D eigenvalue weighted by atomic mass is 9.95. The van der Waals surface area contributed by atoms with Gasteiger partial charge in [0.2, 0.25) is 0 Å². The van der Waals surface area contributed by atoms with Crippen LogP contribution >= 0.6 is 0 Å². The first-order valence-corrected chi connectivity index (χ1v) is 11.7. The fourth-order valence-electron chi connectivity index (χ4n) is 4.45. The van der Waals surface area contributed by atoms with Crippen molar-refractivity contribution in [2.24, 2.45) is 0 Å². The number of hydrogen-bond donors (Lipinski definition) is 2. The Morgan fingerprint density at radius 2 is 1.71 bits per heavy atom. The number of nitrogens with zero attached hydrogens (tertiary/aromatic N) is 2. The molecule has 184 valence electrons. The number of carbonyl (C=O) groups excluding carboxylic acids is 2. The van der Waals surface area contributed by atoms with Crippen molar-refractivity contribution in [3.8, 4) is 11.5 Å². The summed E-state index contributed by atoms with van der Waals surface area (Å²) in [5, 5.41) is 14.5. The van der Waals surface area contributed by atoms with E-state index in [9.17, 15) is 14.7 Å². The average Bonchev–Trinajstić information content (AvgIpc) is 3.16. The van der Waals surface area contributed by atoms with Crippen LogP contribution in [-0.4, -0.2) is 79.6 Å². The molecule has 8 nitrogen and oxygen atoms in total. The molecule has 0 radical (unpaired) electrons. The number of hydrogen-bond acceptors (Lipinski definition) is 7. The molecule has 1 atom stereocenters. The number of aliphatic hydroxyl groups excluding tert-OH is 1.